The van der Waals surface area contributed by atoms with E-state index in [0.29, 0.717) is 11.5 Å². The van der Waals surface area contributed by atoms with Gasteiger partial charge in [0, 0.05) is 44.5 Å². The number of aryl methyl sites for hydroxylation is 2. The van der Waals surface area contributed by atoms with Crippen molar-refractivity contribution < 1.29 is 4.79 Å². The summed E-state index contributed by atoms with van der Waals surface area (Å²) in [4.78, 5) is 26.3. The van der Waals surface area contributed by atoms with Crippen molar-refractivity contribution in [3.8, 4) is 0 Å². The molecule has 1 fully saturated rings. The number of aromatic nitrogens is 3. The second kappa shape index (κ2) is 9.15. The predicted molar refractivity (Wildman–Crippen MR) is 126 cm³/mol. The van der Waals surface area contributed by atoms with E-state index in [-0.39, 0.29) is 5.91 Å². The quantitative estimate of drug-likeness (QED) is 0.616. The number of anilines is 1. The minimum Gasteiger partial charge on any atom is -0.350 e. The molecule has 2 aliphatic rings. The second-order valence-corrected chi connectivity index (χ2v) is 9.12. The number of amides is 1. The number of carbonyl (C=O) groups excluding carboxylic acids is 1. The maximum Gasteiger partial charge on any atom is 0.255 e. The number of imidazole rings is 1. The summed E-state index contributed by atoms with van der Waals surface area (Å²) in [5.74, 6) is 1.73. The first kappa shape index (κ1) is 20.7. The summed E-state index contributed by atoms with van der Waals surface area (Å²) < 4.78 is 2.30. The molecule has 2 aromatic heterocycles. The zero-order chi connectivity index (χ0) is 21.9. The van der Waals surface area contributed by atoms with Gasteiger partial charge >= 0.3 is 0 Å². The number of nitrogens with zero attached hydrogens (tertiary/aromatic N) is 5. The van der Waals surface area contributed by atoms with E-state index in [0.717, 1.165) is 69.9 Å². The number of benzene rings is 1. The number of hydrogen-bond acceptors (Lipinski definition) is 4. The first-order chi connectivity index (χ1) is 15.7. The van der Waals surface area contributed by atoms with Crippen molar-refractivity contribution in [1.82, 2.24) is 19.4 Å². The Hall–Kier alpha value is -3.15. The summed E-state index contributed by atoms with van der Waals surface area (Å²) in [5, 5.41) is 0. The van der Waals surface area contributed by atoms with Gasteiger partial charge in [-0.25, -0.2) is 9.97 Å². The molecule has 0 spiro atoms. The van der Waals surface area contributed by atoms with Crippen LogP contribution >= 0.6 is 0 Å². The van der Waals surface area contributed by atoms with Gasteiger partial charge in [0.15, 0.2) is 0 Å². The molecule has 0 aliphatic carbocycles. The summed E-state index contributed by atoms with van der Waals surface area (Å²) in [6, 6.07) is 14.5. The van der Waals surface area contributed by atoms with Gasteiger partial charge in [-0.3, -0.25) is 4.79 Å². The topological polar surface area (TPSA) is 54.3 Å². The molecule has 2 aliphatic heterocycles. The van der Waals surface area contributed by atoms with Gasteiger partial charge in [-0.1, -0.05) is 37.3 Å². The van der Waals surface area contributed by atoms with Crippen molar-refractivity contribution in [1.29, 1.82) is 0 Å². The van der Waals surface area contributed by atoms with Crippen LogP contribution < -0.4 is 4.90 Å². The summed E-state index contributed by atoms with van der Waals surface area (Å²) in [5.41, 5.74) is 4.51. The Morgan fingerprint density at radius 2 is 1.84 bits per heavy atom. The normalized spacial score (nSPS) is 16.8. The van der Waals surface area contributed by atoms with Crippen molar-refractivity contribution >= 4 is 11.7 Å². The minimum atomic E-state index is 0.106. The molecular weight excluding hydrogens is 398 g/mol. The van der Waals surface area contributed by atoms with E-state index in [9.17, 15) is 4.79 Å². The third-order valence-corrected chi connectivity index (χ3v) is 6.87. The van der Waals surface area contributed by atoms with E-state index in [4.69, 9.17) is 4.98 Å². The number of likely N-dealkylation sites (tertiary alicyclic amines) is 1. The van der Waals surface area contributed by atoms with Crippen LogP contribution in [-0.2, 0) is 25.9 Å². The zero-order valence-corrected chi connectivity index (χ0v) is 18.8. The van der Waals surface area contributed by atoms with Gasteiger partial charge in [-0.2, -0.15) is 0 Å². The Kier molecular flexibility index (Phi) is 5.93. The molecule has 1 aromatic carbocycles. The van der Waals surface area contributed by atoms with Crippen LogP contribution in [0.3, 0.4) is 0 Å². The number of hydrogen-bond donors (Lipinski definition) is 0. The minimum absolute atomic E-state index is 0.106. The molecule has 3 aromatic rings. The smallest absolute Gasteiger partial charge is 0.255 e. The van der Waals surface area contributed by atoms with E-state index in [1.807, 2.05) is 23.4 Å². The summed E-state index contributed by atoms with van der Waals surface area (Å²) in [7, 11) is 0. The van der Waals surface area contributed by atoms with E-state index in [1.54, 1.807) is 6.20 Å². The lowest BCUT2D eigenvalue weighted by atomic mass is 9.99. The molecule has 1 amide bonds. The lowest BCUT2D eigenvalue weighted by Gasteiger charge is -2.30. The molecule has 0 N–H and O–H groups in total. The lowest BCUT2D eigenvalue weighted by molar-refractivity contribution is 0.0697. The fraction of sp³-hybridized carbons (Fsp3) is 0.423. The van der Waals surface area contributed by atoms with Crippen LogP contribution in [0.4, 0.5) is 5.82 Å². The van der Waals surface area contributed by atoms with E-state index < -0.39 is 0 Å². The van der Waals surface area contributed by atoms with Gasteiger partial charge in [0.05, 0.1) is 24.1 Å². The molecule has 6 nitrogen and oxygen atoms in total. The van der Waals surface area contributed by atoms with Gasteiger partial charge in [-0.05, 0) is 42.9 Å². The van der Waals surface area contributed by atoms with Gasteiger partial charge in [-0.15, -0.1) is 0 Å². The van der Waals surface area contributed by atoms with Gasteiger partial charge in [0.25, 0.3) is 5.91 Å². The summed E-state index contributed by atoms with van der Waals surface area (Å²) in [6.45, 7) is 6.59. The van der Waals surface area contributed by atoms with Crippen LogP contribution in [0.5, 0.6) is 0 Å². The average Bonchev–Trinajstić information content (AvgIpc) is 3.26. The van der Waals surface area contributed by atoms with Crippen LogP contribution in [0, 0.1) is 5.92 Å². The Morgan fingerprint density at radius 1 is 1.03 bits per heavy atom. The Balaban J connectivity index is 1.21. The van der Waals surface area contributed by atoms with Crippen molar-refractivity contribution in [3.05, 3.63) is 77.5 Å². The average molecular weight is 430 g/mol. The van der Waals surface area contributed by atoms with Gasteiger partial charge in [0.1, 0.15) is 5.82 Å². The highest BCUT2D eigenvalue weighted by Gasteiger charge is 2.24. The highest BCUT2D eigenvalue weighted by molar-refractivity contribution is 5.94. The fourth-order valence-electron chi connectivity index (χ4n) is 4.75. The number of piperidine rings is 1. The Morgan fingerprint density at radius 3 is 2.59 bits per heavy atom. The highest BCUT2D eigenvalue weighted by atomic mass is 16.2. The maximum absolute atomic E-state index is 12.8. The highest BCUT2D eigenvalue weighted by Crippen LogP contribution is 2.24. The van der Waals surface area contributed by atoms with Crippen LogP contribution in [0.15, 0.2) is 55.0 Å². The standard InChI is InChI=1S/C26H31N5O/c1-20-9-13-29(14-10-20)26(32)22-7-8-25(27-17-22)30-16-12-24-23(18-30)28-19-31(24)15-11-21-5-3-2-4-6-21/h2-8,17,19-20H,9-16,18H2,1H3. The molecule has 0 atom stereocenters. The molecule has 4 heterocycles. The first-order valence-corrected chi connectivity index (χ1v) is 11.7. The second-order valence-electron chi connectivity index (χ2n) is 9.12. The molecule has 166 valence electrons. The van der Waals surface area contributed by atoms with E-state index >= 15 is 0 Å². The van der Waals surface area contributed by atoms with Crippen molar-refractivity contribution in [2.45, 2.75) is 45.7 Å². The van der Waals surface area contributed by atoms with Crippen LogP contribution in [0.2, 0.25) is 0 Å². The molecule has 32 heavy (non-hydrogen) atoms. The molecule has 0 radical (unpaired) electrons. The molecule has 0 saturated carbocycles. The lowest BCUT2D eigenvalue weighted by Crippen LogP contribution is -2.38. The maximum atomic E-state index is 12.8. The third-order valence-electron chi connectivity index (χ3n) is 6.87. The van der Waals surface area contributed by atoms with Crippen LogP contribution in [0.1, 0.15) is 47.1 Å². The summed E-state index contributed by atoms with van der Waals surface area (Å²) in [6.07, 6.45) is 7.87. The van der Waals surface area contributed by atoms with E-state index in [1.165, 1.54) is 11.3 Å². The monoisotopic (exact) mass is 429 g/mol. The van der Waals surface area contributed by atoms with Gasteiger partial charge < -0.3 is 14.4 Å². The van der Waals surface area contributed by atoms with Crippen molar-refractivity contribution in [3.63, 3.8) is 0 Å². The largest absolute Gasteiger partial charge is 0.350 e. The summed E-state index contributed by atoms with van der Waals surface area (Å²) >= 11 is 0. The molecule has 0 unspecified atom stereocenters. The first-order valence-electron chi connectivity index (χ1n) is 11.7. The van der Waals surface area contributed by atoms with Gasteiger partial charge in [0.2, 0.25) is 0 Å². The van der Waals surface area contributed by atoms with Crippen molar-refractivity contribution in [2.75, 3.05) is 24.5 Å². The molecule has 6 heteroatoms. The molecule has 1 saturated heterocycles. The number of carbonyl (C=O) groups is 1. The van der Waals surface area contributed by atoms with Crippen molar-refractivity contribution in [2.24, 2.45) is 5.92 Å². The van der Waals surface area contributed by atoms with Crippen LogP contribution in [0.25, 0.3) is 0 Å². The zero-order valence-electron chi connectivity index (χ0n) is 18.8. The third kappa shape index (κ3) is 4.40. The molecule has 5 rings (SSSR count). The number of pyridine rings is 1. The SMILES string of the molecule is CC1CCN(C(=O)c2ccc(N3CCc4c(ncn4CCc4ccccc4)C3)nc2)CC1. The number of fused-ring (bicyclic) bond motifs is 1. The molecule has 0 bridgehead atoms. The number of rotatable bonds is 5. The fourth-order valence-corrected chi connectivity index (χ4v) is 4.75. The Labute approximate surface area is 189 Å². The molecular formula is C26H31N5O. The van der Waals surface area contributed by atoms with Crippen LogP contribution in [-0.4, -0.2) is 45.0 Å². The Bertz CT molecular complexity index is 1050. The van der Waals surface area contributed by atoms with E-state index in [2.05, 4.69) is 51.7 Å². The predicted octanol–water partition coefficient (Wildman–Crippen LogP) is 3.96.